The van der Waals surface area contributed by atoms with Crippen molar-refractivity contribution in [2.75, 3.05) is 7.11 Å². The number of ether oxygens (including phenoxy) is 2. The Balaban J connectivity index is 2.05. The number of hydrogen-bond donors (Lipinski definition) is 0. The van der Waals surface area contributed by atoms with Gasteiger partial charge in [0.2, 0.25) is 0 Å². The molecule has 0 heterocycles. The van der Waals surface area contributed by atoms with Gasteiger partial charge in [0.05, 0.1) is 7.11 Å². The largest absolute Gasteiger partial charge is 0.497 e. The summed E-state index contributed by atoms with van der Waals surface area (Å²) in [5.41, 5.74) is 4.28. The Hall–Kier alpha value is -3.07. The van der Waals surface area contributed by atoms with Crippen LogP contribution in [0.5, 0.6) is 11.5 Å². The summed E-state index contributed by atoms with van der Waals surface area (Å²) in [6.45, 7) is 1.42. The van der Waals surface area contributed by atoms with Crippen LogP contribution in [0.4, 0.5) is 0 Å². The first kappa shape index (κ1) is 16.8. The third-order valence-corrected chi connectivity index (χ3v) is 4.01. The molecule has 0 unspecified atom stereocenters. The summed E-state index contributed by atoms with van der Waals surface area (Å²) in [5.74, 6) is 1.10. The zero-order chi connectivity index (χ0) is 17.6. The molecule has 0 aliphatic rings. The van der Waals surface area contributed by atoms with Crippen LogP contribution in [0, 0.1) is 0 Å². The molecule has 0 N–H and O–H groups in total. The van der Waals surface area contributed by atoms with Gasteiger partial charge in [0, 0.05) is 18.9 Å². The minimum absolute atomic E-state index is 0.318. The Morgan fingerprint density at radius 3 is 2.24 bits per heavy atom. The number of esters is 1. The highest BCUT2D eigenvalue weighted by molar-refractivity contribution is 5.75. The molecule has 0 saturated carbocycles. The van der Waals surface area contributed by atoms with E-state index >= 15 is 0 Å². The standard InChI is InChI=1S/C22H20O3/c1-16(23)25-22-10-6-9-20(18-7-4-3-5-8-18)21(22)15-17-11-13-19(24-2)14-12-17/h3-14H,15H2,1-2H3. The minimum Gasteiger partial charge on any atom is -0.497 e. The third-order valence-electron chi connectivity index (χ3n) is 4.01. The molecule has 126 valence electrons. The summed E-state index contributed by atoms with van der Waals surface area (Å²) in [4.78, 5) is 11.5. The lowest BCUT2D eigenvalue weighted by Gasteiger charge is -2.15. The average molecular weight is 332 g/mol. The molecule has 0 aliphatic carbocycles. The molecular formula is C22H20O3. The predicted octanol–water partition coefficient (Wildman–Crippen LogP) is 4.88. The number of carbonyl (C=O) groups excluding carboxylic acids is 1. The van der Waals surface area contributed by atoms with Crippen molar-refractivity contribution in [2.24, 2.45) is 0 Å². The quantitative estimate of drug-likeness (QED) is 0.493. The van der Waals surface area contributed by atoms with Crippen molar-refractivity contribution in [1.29, 1.82) is 0 Å². The molecule has 0 fully saturated rings. The van der Waals surface area contributed by atoms with Gasteiger partial charge in [-0.3, -0.25) is 4.79 Å². The van der Waals surface area contributed by atoms with Crippen LogP contribution in [0.15, 0.2) is 72.8 Å². The predicted molar refractivity (Wildman–Crippen MR) is 99.0 cm³/mol. The van der Waals surface area contributed by atoms with Crippen molar-refractivity contribution >= 4 is 5.97 Å². The van der Waals surface area contributed by atoms with Gasteiger partial charge < -0.3 is 9.47 Å². The van der Waals surface area contributed by atoms with Gasteiger partial charge in [0.1, 0.15) is 11.5 Å². The van der Waals surface area contributed by atoms with E-state index in [0.717, 1.165) is 28.0 Å². The fourth-order valence-corrected chi connectivity index (χ4v) is 2.83. The van der Waals surface area contributed by atoms with E-state index in [0.29, 0.717) is 12.2 Å². The van der Waals surface area contributed by atoms with E-state index in [9.17, 15) is 4.79 Å². The SMILES string of the molecule is COc1ccc(Cc2c(OC(C)=O)cccc2-c2ccccc2)cc1. The van der Waals surface area contributed by atoms with Crippen molar-refractivity contribution in [3.63, 3.8) is 0 Å². The average Bonchev–Trinajstić information content (AvgIpc) is 2.64. The Kier molecular flexibility index (Phi) is 5.14. The molecule has 3 aromatic rings. The second kappa shape index (κ2) is 7.67. The zero-order valence-electron chi connectivity index (χ0n) is 14.4. The number of hydrogen-bond acceptors (Lipinski definition) is 3. The fourth-order valence-electron chi connectivity index (χ4n) is 2.83. The first-order chi connectivity index (χ1) is 12.2. The molecule has 0 aliphatic heterocycles. The van der Waals surface area contributed by atoms with Gasteiger partial charge in [-0.15, -0.1) is 0 Å². The summed E-state index contributed by atoms with van der Waals surface area (Å²) < 4.78 is 10.7. The minimum atomic E-state index is -0.318. The van der Waals surface area contributed by atoms with Gasteiger partial charge in [-0.1, -0.05) is 54.6 Å². The topological polar surface area (TPSA) is 35.5 Å². The van der Waals surface area contributed by atoms with Gasteiger partial charge in [0.25, 0.3) is 0 Å². The first-order valence-electron chi connectivity index (χ1n) is 8.16. The molecule has 3 aromatic carbocycles. The molecule has 3 heteroatoms. The van der Waals surface area contributed by atoms with Crippen LogP contribution in [0.25, 0.3) is 11.1 Å². The van der Waals surface area contributed by atoms with Crippen molar-refractivity contribution < 1.29 is 14.3 Å². The van der Waals surface area contributed by atoms with Crippen LogP contribution >= 0.6 is 0 Å². The van der Waals surface area contributed by atoms with Gasteiger partial charge >= 0.3 is 5.97 Å². The van der Waals surface area contributed by atoms with Crippen LogP contribution in [0.2, 0.25) is 0 Å². The molecule has 25 heavy (non-hydrogen) atoms. The highest BCUT2D eigenvalue weighted by Gasteiger charge is 2.13. The highest BCUT2D eigenvalue weighted by Crippen LogP contribution is 2.33. The number of methoxy groups -OCH3 is 1. The van der Waals surface area contributed by atoms with Crippen molar-refractivity contribution in [3.05, 3.63) is 83.9 Å². The summed E-state index contributed by atoms with van der Waals surface area (Å²) in [7, 11) is 1.65. The molecule has 0 radical (unpaired) electrons. The number of rotatable bonds is 5. The Morgan fingerprint density at radius 1 is 0.880 bits per heavy atom. The maximum Gasteiger partial charge on any atom is 0.308 e. The van der Waals surface area contributed by atoms with Crippen molar-refractivity contribution in [1.82, 2.24) is 0 Å². The van der Waals surface area contributed by atoms with E-state index in [-0.39, 0.29) is 5.97 Å². The summed E-state index contributed by atoms with van der Waals surface area (Å²) in [6.07, 6.45) is 0.664. The van der Waals surface area contributed by atoms with Crippen LogP contribution in [-0.4, -0.2) is 13.1 Å². The number of benzene rings is 3. The second-order valence-electron chi connectivity index (χ2n) is 5.77. The Morgan fingerprint density at radius 2 is 1.60 bits per heavy atom. The summed E-state index contributed by atoms with van der Waals surface area (Å²) in [6, 6.07) is 23.9. The van der Waals surface area contributed by atoms with Crippen molar-refractivity contribution in [2.45, 2.75) is 13.3 Å². The molecule has 0 bridgehead atoms. The zero-order valence-corrected chi connectivity index (χ0v) is 14.4. The lowest BCUT2D eigenvalue weighted by molar-refractivity contribution is -0.131. The Labute approximate surface area is 147 Å². The van der Waals surface area contributed by atoms with Gasteiger partial charge in [0.15, 0.2) is 0 Å². The van der Waals surface area contributed by atoms with E-state index in [1.807, 2.05) is 54.6 Å². The van der Waals surface area contributed by atoms with Crippen LogP contribution in [0.1, 0.15) is 18.1 Å². The maximum atomic E-state index is 11.5. The Bertz CT molecular complexity index is 852. The summed E-state index contributed by atoms with van der Waals surface area (Å²) >= 11 is 0. The van der Waals surface area contributed by atoms with Crippen LogP contribution in [0.3, 0.4) is 0 Å². The van der Waals surface area contributed by atoms with E-state index in [2.05, 4.69) is 18.2 Å². The normalized spacial score (nSPS) is 10.3. The number of carbonyl (C=O) groups is 1. The molecular weight excluding hydrogens is 312 g/mol. The second-order valence-corrected chi connectivity index (χ2v) is 5.77. The molecule has 0 saturated heterocycles. The lowest BCUT2D eigenvalue weighted by Crippen LogP contribution is -2.05. The van der Waals surface area contributed by atoms with Crippen LogP contribution < -0.4 is 9.47 Å². The van der Waals surface area contributed by atoms with E-state index in [1.54, 1.807) is 7.11 Å². The molecule has 3 rings (SSSR count). The van der Waals surface area contributed by atoms with E-state index in [4.69, 9.17) is 9.47 Å². The molecule has 0 spiro atoms. The fraction of sp³-hybridized carbons (Fsp3) is 0.136. The molecule has 3 nitrogen and oxygen atoms in total. The van der Waals surface area contributed by atoms with Crippen LogP contribution in [-0.2, 0) is 11.2 Å². The van der Waals surface area contributed by atoms with Gasteiger partial charge in [-0.05, 0) is 34.9 Å². The smallest absolute Gasteiger partial charge is 0.308 e. The van der Waals surface area contributed by atoms with E-state index < -0.39 is 0 Å². The first-order valence-corrected chi connectivity index (χ1v) is 8.16. The molecule has 0 aromatic heterocycles. The molecule has 0 atom stereocenters. The lowest BCUT2D eigenvalue weighted by atomic mass is 9.94. The van der Waals surface area contributed by atoms with Gasteiger partial charge in [-0.25, -0.2) is 0 Å². The molecule has 0 amide bonds. The maximum absolute atomic E-state index is 11.5. The highest BCUT2D eigenvalue weighted by atomic mass is 16.5. The third kappa shape index (κ3) is 4.07. The van der Waals surface area contributed by atoms with E-state index in [1.165, 1.54) is 6.92 Å². The monoisotopic (exact) mass is 332 g/mol. The van der Waals surface area contributed by atoms with Crippen molar-refractivity contribution in [3.8, 4) is 22.6 Å². The van der Waals surface area contributed by atoms with Gasteiger partial charge in [-0.2, -0.15) is 0 Å². The summed E-state index contributed by atoms with van der Waals surface area (Å²) in [5, 5.41) is 0.